The molecule has 1 aromatic carbocycles. The molecule has 116 valence electrons. The lowest BCUT2D eigenvalue weighted by Crippen LogP contribution is -2.49. The van der Waals surface area contributed by atoms with Crippen LogP contribution in [0.4, 0.5) is 4.39 Å². The molecule has 0 spiro atoms. The van der Waals surface area contributed by atoms with E-state index in [0.717, 1.165) is 16.4 Å². The molecule has 2 atom stereocenters. The Morgan fingerprint density at radius 3 is 2.71 bits per heavy atom. The Hall–Kier alpha value is -1.18. The quantitative estimate of drug-likeness (QED) is 0.920. The van der Waals surface area contributed by atoms with Crippen LogP contribution >= 0.6 is 11.6 Å². The van der Waals surface area contributed by atoms with Gasteiger partial charge in [0.25, 0.3) is 0 Å². The molecule has 1 aromatic rings. The van der Waals surface area contributed by atoms with Gasteiger partial charge < -0.3 is 5.11 Å². The second-order valence-electron chi connectivity index (χ2n) is 5.17. The van der Waals surface area contributed by atoms with E-state index >= 15 is 0 Å². The minimum atomic E-state index is -4.21. The average Bonchev–Trinajstić information content (AvgIpc) is 2.37. The molecule has 1 fully saturated rings. The van der Waals surface area contributed by atoms with Gasteiger partial charge in [-0.05, 0) is 37.0 Å². The number of aliphatic carboxylic acids is 1. The van der Waals surface area contributed by atoms with E-state index in [4.69, 9.17) is 11.6 Å². The first-order valence-corrected chi connectivity index (χ1v) is 8.25. The molecule has 1 saturated heterocycles. The molecule has 1 N–H and O–H groups in total. The number of rotatable bonds is 3. The Morgan fingerprint density at radius 1 is 1.48 bits per heavy atom. The third-order valence-electron chi connectivity index (χ3n) is 3.58. The number of carboxylic acid groups (broad SMARTS) is 1. The normalized spacial score (nSPS) is 24.0. The van der Waals surface area contributed by atoms with E-state index < -0.39 is 32.7 Å². The summed E-state index contributed by atoms with van der Waals surface area (Å²) < 4.78 is 39.8. The van der Waals surface area contributed by atoms with Crippen LogP contribution in [0.15, 0.2) is 23.1 Å². The number of piperidine rings is 1. The fourth-order valence-corrected chi connectivity index (χ4v) is 4.26. The van der Waals surface area contributed by atoms with Crippen molar-refractivity contribution in [1.82, 2.24) is 4.31 Å². The Kier molecular flexibility index (Phi) is 4.55. The highest BCUT2D eigenvalue weighted by molar-refractivity contribution is 7.89. The van der Waals surface area contributed by atoms with E-state index in [0.29, 0.717) is 6.42 Å². The lowest BCUT2D eigenvalue weighted by atomic mass is 9.94. The summed E-state index contributed by atoms with van der Waals surface area (Å²) in [6.07, 6.45) is 0.752. The maximum atomic E-state index is 13.9. The summed E-state index contributed by atoms with van der Waals surface area (Å²) in [7, 11) is -4.21. The van der Waals surface area contributed by atoms with Gasteiger partial charge in [0, 0.05) is 11.6 Å². The molecule has 8 heteroatoms. The number of carbonyl (C=O) groups is 1. The highest BCUT2D eigenvalue weighted by Crippen LogP contribution is 2.30. The van der Waals surface area contributed by atoms with E-state index in [1.807, 2.05) is 6.92 Å². The van der Waals surface area contributed by atoms with Crippen LogP contribution in [0.1, 0.15) is 19.8 Å². The highest BCUT2D eigenvalue weighted by Gasteiger charge is 2.40. The lowest BCUT2D eigenvalue weighted by Gasteiger charge is -2.34. The summed E-state index contributed by atoms with van der Waals surface area (Å²) in [6.45, 7) is 1.92. The topological polar surface area (TPSA) is 74.7 Å². The molecule has 2 rings (SSSR count). The van der Waals surface area contributed by atoms with Crippen molar-refractivity contribution in [2.75, 3.05) is 6.54 Å². The molecule has 2 unspecified atom stereocenters. The van der Waals surface area contributed by atoms with Crippen molar-refractivity contribution in [1.29, 1.82) is 0 Å². The largest absolute Gasteiger partial charge is 0.480 e. The summed E-state index contributed by atoms with van der Waals surface area (Å²) in [5.74, 6) is -2.10. The van der Waals surface area contributed by atoms with Crippen molar-refractivity contribution < 1.29 is 22.7 Å². The van der Waals surface area contributed by atoms with Gasteiger partial charge in [0.1, 0.15) is 16.8 Å². The van der Waals surface area contributed by atoms with E-state index in [9.17, 15) is 22.7 Å². The molecular formula is C13H15ClFNO4S. The summed E-state index contributed by atoms with van der Waals surface area (Å²) in [5, 5.41) is 9.31. The maximum Gasteiger partial charge on any atom is 0.322 e. The fourth-order valence-electron chi connectivity index (χ4n) is 2.44. The second-order valence-corrected chi connectivity index (χ2v) is 7.47. The van der Waals surface area contributed by atoms with Crippen molar-refractivity contribution in [3.8, 4) is 0 Å². The molecule has 0 saturated carbocycles. The minimum absolute atomic E-state index is 0.0581. The van der Waals surface area contributed by atoms with Gasteiger partial charge in [0.2, 0.25) is 10.0 Å². The standard InChI is InChI=1S/C13H15ClFNO4S/c1-8-4-5-16(11(6-8)13(17)18)21(19,20)12-3-2-9(14)7-10(12)15/h2-3,7-8,11H,4-6H2,1H3,(H,17,18). The summed E-state index contributed by atoms with van der Waals surface area (Å²) in [5.41, 5.74) is 0. The van der Waals surface area contributed by atoms with Crippen LogP contribution in [0.5, 0.6) is 0 Å². The molecule has 0 radical (unpaired) electrons. The van der Waals surface area contributed by atoms with Gasteiger partial charge in [0.05, 0.1) is 0 Å². The number of sulfonamides is 1. The maximum absolute atomic E-state index is 13.9. The van der Waals surface area contributed by atoms with E-state index in [1.165, 1.54) is 6.07 Å². The van der Waals surface area contributed by atoms with Gasteiger partial charge >= 0.3 is 5.97 Å². The van der Waals surface area contributed by atoms with Crippen LogP contribution in [0.2, 0.25) is 5.02 Å². The summed E-state index contributed by atoms with van der Waals surface area (Å²) in [6, 6.07) is 2.05. The lowest BCUT2D eigenvalue weighted by molar-refractivity contribution is -0.143. The second kappa shape index (κ2) is 5.90. The predicted octanol–water partition coefficient (Wildman–Crippen LogP) is 2.35. The van der Waals surface area contributed by atoms with E-state index in [-0.39, 0.29) is 23.9 Å². The Balaban J connectivity index is 2.44. The SMILES string of the molecule is CC1CCN(S(=O)(=O)c2ccc(Cl)cc2F)C(C(=O)O)C1. The first kappa shape index (κ1) is 16.2. The van der Waals surface area contributed by atoms with Gasteiger partial charge in [-0.15, -0.1) is 0 Å². The van der Waals surface area contributed by atoms with Gasteiger partial charge in [-0.2, -0.15) is 4.31 Å². The minimum Gasteiger partial charge on any atom is -0.480 e. The average molecular weight is 336 g/mol. The van der Waals surface area contributed by atoms with Crippen LogP contribution in [0.3, 0.4) is 0 Å². The van der Waals surface area contributed by atoms with Crippen molar-refractivity contribution in [3.05, 3.63) is 29.0 Å². The number of benzene rings is 1. The van der Waals surface area contributed by atoms with Crippen molar-refractivity contribution in [2.45, 2.75) is 30.7 Å². The first-order valence-electron chi connectivity index (χ1n) is 6.43. The van der Waals surface area contributed by atoms with Crippen LogP contribution in [-0.2, 0) is 14.8 Å². The van der Waals surface area contributed by atoms with Gasteiger partial charge in [-0.3, -0.25) is 4.79 Å². The number of hydrogen-bond acceptors (Lipinski definition) is 3. The molecule has 0 amide bonds. The smallest absolute Gasteiger partial charge is 0.322 e. The number of hydrogen-bond donors (Lipinski definition) is 1. The number of halogens is 2. The molecule has 1 aliphatic heterocycles. The molecule has 5 nitrogen and oxygen atoms in total. The molecule has 0 aliphatic carbocycles. The van der Waals surface area contributed by atoms with Crippen molar-refractivity contribution in [2.24, 2.45) is 5.92 Å². The zero-order chi connectivity index (χ0) is 15.8. The van der Waals surface area contributed by atoms with Gasteiger partial charge in [-0.25, -0.2) is 12.8 Å². The highest BCUT2D eigenvalue weighted by atomic mass is 35.5. The number of carboxylic acids is 1. The Labute approximate surface area is 127 Å². The summed E-state index contributed by atoms with van der Waals surface area (Å²) in [4.78, 5) is 10.8. The van der Waals surface area contributed by atoms with E-state index in [2.05, 4.69) is 0 Å². The summed E-state index contributed by atoms with van der Waals surface area (Å²) >= 11 is 5.61. The molecule has 21 heavy (non-hydrogen) atoms. The van der Waals surface area contributed by atoms with Crippen LogP contribution < -0.4 is 0 Å². The zero-order valence-corrected chi connectivity index (χ0v) is 12.9. The third kappa shape index (κ3) is 3.20. The van der Waals surface area contributed by atoms with Crippen molar-refractivity contribution in [3.63, 3.8) is 0 Å². The fraction of sp³-hybridized carbons (Fsp3) is 0.462. The van der Waals surface area contributed by atoms with Gasteiger partial charge in [0.15, 0.2) is 0 Å². The molecule has 0 aromatic heterocycles. The van der Waals surface area contributed by atoms with Crippen LogP contribution in [0.25, 0.3) is 0 Å². The predicted molar refractivity (Wildman–Crippen MR) is 75.1 cm³/mol. The Morgan fingerprint density at radius 2 is 2.14 bits per heavy atom. The zero-order valence-electron chi connectivity index (χ0n) is 11.3. The Bertz CT molecular complexity index is 664. The third-order valence-corrected chi connectivity index (χ3v) is 5.76. The van der Waals surface area contributed by atoms with Gasteiger partial charge in [-0.1, -0.05) is 18.5 Å². The molecular weight excluding hydrogens is 321 g/mol. The van der Waals surface area contributed by atoms with Crippen molar-refractivity contribution >= 4 is 27.6 Å². The molecule has 0 bridgehead atoms. The van der Waals surface area contributed by atoms with Crippen LogP contribution in [-0.4, -0.2) is 36.4 Å². The van der Waals surface area contributed by atoms with Crippen LogP contribution in [0, 0.1) is 11.7 Å². The molecule has 1 aliphatic rings. The van der Waals surface area contributed by atoms with E-state index in [1.54, 1.807) is 0 Å². The monoisotopic (exact) mass is 335 g/mol. The number of nitrogens with zero attached hydrogens (tertiary/aromatic N) is 1. The first-order chi connectivity index (χ1) is 9.73. The molecule has 1 heterocycles.